The highest BCUT2D eigenvalue weighted by atomic mass is 79.9. The van der Waals surface area contributed by atoms with Gasteiger partial charge in [-0.15, -0.1) is 0 Å². The molecule has 1 aromatic heterocycles. The Morgan fingerprint density at radius 2 is 1.94 bits per heavy atom. The Bertz CT molecular complexity index is 1520. The topological polar surface area (TPSA) is 99.4 Å². The molecule has 4 rings (SSSR count). The van der Waals surface area contributed by atoms with E-state index in [-0.39, 0.29) is 29.2 Å². The van der Waals surface area contributed by atoms with Crippen molar-refractivity contribution in [2.75, 3.05) is 20.8 Å². The number of aromatic hydroxyl groups is 1. The molecule has 35 heavy (non-hydrogen) atoms. The van der Waals surface area contributed by atoms with E-state index in [1.165, 1.54) is 18.8 Å². The molecule has 8 nitrogen and oxygen atoms in total. The highest BCUT2D eigenvalue weighted by molar-refractivity contribution is 9.10. The summed E-state index contributed by atoms with van der Waals surface area (Å²) in [4.78, 5) is 31.7. The molecule has 0 saturated carbocycles. The average Bonchev–Trinajstić information content (AvgIpc) is 3.14. The van der Waals surface area contributed by atoms with Gasteiger partial charge in [0.15, 0.2) is 16.3 Å². The first-order chi connectivity index (χ1) is 16.8. The minimum atomic E-state index is -0.797. The van der Waals surface area contributed by atoms with Crippen molar-refractivity contribution >= 4 is 39.3 Å². The summed E-state index contributed by atoms with van der Waals surface area (Å²) in [7, 11) is 2.98. The minimum absolute atomic E-state index is 0.0915. The zero-order valence-corrected chi connectivity index (χ0v) is 21.9. The number of benzene rings is 2. The molecule has 0 amide bonds. The highest BCUT2D eigenvalue weighted by Gasteiger charge is 2.35. The number of esters is 1. The summed E-state index contributed by atoms with van der Waals surface area (Å²) in [5.74, 6) is 0.156. The normalized spacial score (nSPS) is 15.5. The first kappa shape index (κ1) is 24.7. The van der Waals surface area contributed by atoms with Crippen molar-refractivity contribution in [2.24, 2.45) is 4.99 Å². The summed E-state index contributed by atoms with van der Waals surface area (Å²) in [5, 5.41) is 10.6. The van der Waals surface area contributed by atoms with Gasteiger partial charge < -0.3 is 19.3 Å². The number of carbonyl (C=O) groups is 1. The lowest BCUT2D eigenvalue weighted by atomic mass is 9.95. The standard InChI is InChI=1S/C25H23BrN2O6S/c1-5-34-24(31)20-13(2)27-25-28(21(20)16-8-6-7-9-17(16)32-3)23(30)19(35-25)11-14-10-15(26)12-18(33-4)22(14)29/h6-12,21,29H,5H2,1-4H3/b19-11-/t21-/m1/s1. The van der Waals surface area contributed by atoms with E-state index in [1.54, 1.807) is 38.1 Å². The number of carbonyl (C=O) groups excluding carboxylic acids is 1. The van der Waals surface area contributed by atoms with Crippen LogP contribution < -0.4 is 24.4 Å². The predicted molar refractivity (Wildman–Crippen MR) is 136 cm³/mol. The third-order valence-electron chi connectivity index (χ3n) is 5.53. The molecule has 1 N–H and O–H groups in total. The van der Waals surface area contributed by atoms with Gasteiger partial charge in [0.05, 0.1) is 36.6 Å². The fourth-order valence-corrected chi connectivity index (χ4v) is 5.47. The van der Waals surface area contributed by atoms with Crippen molar-refractivity contribution in [3.63, 3.8) is 0 Å². The Hall–Kier alpha value is -3.37. The lowest BCUT2D eigenvalue weighted by Gasteiger charge is -2.25. The van der Waals surface area contributed by atoms with Crippen LogP contribution in [0.15, 0.2) is 61.9 Å². The first-order valence-electron chi connectivity index (χ1n) is 10.7. The molecule has 0 saturated heterocycles. The molecule has 0 bridgehead atoms. The molecule has 1 atom stereocenters. The predicted octanol–water partition coefficient (Wildman–Crippen LogP) is 3.28. The van der Waals surface area contributed by atoms with E-state index in [9.17, 15) is 14.7 Å². The molecule has 182 valence electrons. The second-order valence-electron chi connectivity index (χ2n) is 7.59. The number of rotatable bonds is 6. The monoisotopic (exact) mass is 558 g/mol. The van der Waals surface area contributed by atoms with Crippen LogP contribution in [0.5, 0.6) is 17.2 Å². The average molecular weight is 559 g/mol. The molecule has 0 unspecified atom stereocenters. The molecule has 0 radical (unpaired) electrons. The number of phenolic OH excluding ortho intramolecular Hbond substituents is 1. The van der Waals surface area contributed by atoms with Crippen molar-refractivity contribution in [2.45, 2.75) is 19.9 Å². The molecular weight excluding hydrogens is 536 g/mol. The second kappa shape index (κ2) is 10.1. The lowest BCUT2D eigenvalue weighted by Crippen LogP contribution is -2.40. The Kier molecular flexibility index (Phi) is 7.13. The van der Waals surface area contributed by atoms with Crippen LogP contribution >= 0.6 is 27.3 Å². The third kappa shape index (κ3) is 4.51. The van der Waals surface area contributed by atoms with Crippen LogP contribution in [0.25, 0.3) is 6.08 Å². The molecule has 10 heteroatoms. The van der Waals surface area contributed by atoms with Gasteiger partial charge in [-0.1, -0.05) is 45.5 Å². The van der Waals surface area contributed by atoms with Crippen molar-refractivity contribution < 1.29 is 24.1 Å². The number of methoxy groups -OCH3 is 2. The quantitative estimate of drug-likeness (QED) is 0.466. The number of phenols is 1. The number of nitrogens with zero attached hydrogens (tertiary/aromatic N) is 2. The zero-order chi connectivity index (χ0) is 25.3. The van der Waals surface area contributed by atoms with Gasteiger partial charge in [-0.3, -0.25) is 9.36 Å². The molecule has 3 aromatic rings. The van der Waals surface area contributed by atoms with Crippen LogP contribution in [-0.4, -0.2) is 36.5 Å². The van der Waals surface area contributed by atoms with Crippen LogP contribution in [0.1, 0.15) is 31.0 Å². The summed E-state index contributed by atoms with van der Waals surface area (Å²) in [6.07, 6.45) is 1.58. The lowest BCUT2D eigenvalue weighted by molar-refractivity contribution is -0.139. The number of hydrogen-bond acceptors (Lipinski definition) is 8. The van der Waals surface area contributed by atoms with E-state index >= 15 is 0 Å². The van der Waals surface area contributed by atoms with E-state index in [1.807, 2.05) is 18.2 Å². The summed E-state index contributed by atoms with van der Waals surface area (Å²) < 4.78 is 18.6. The molecule has 0 aliphatic carbocycles. The van der Waals surface area contributed by atoms with Gasteiger partial charge in [0, 0.05) is 15.6 Å². The Morgan fingerprint density at radius 1 is 1.23 bits per heavy atom. The Labute approximate surface area is 213 Å². The van der Waals surface area contributed by atoms with Gasteiger partial charge in [0.2, 0.25) is 0 Å². The molecule has 2 aromatic carbocycles. The maximum Gasteiger partial charge on any atom is 0.338 e. The molecular formula is C25H23BrN2O6S. The van der Waals surface area contributed by atoms with Crippen LogP contribution in [0, 0.1) is 0 Å². The van der Waals surface area contributed by atoms with Crippen molar-refractivity contribution in [1.29, 1.82) is 0 Å². The second-order valence-corrected chi connectivity index (χ2v) is 9.51. The van der Waals surface area contributed by atoms with E-state index in [2.05, 4.69) is 20.9 Å². The van der Waals surface area contributed by atoms with Crippen molar-refractivity contribution in [3.05, 3.63) is 83.0 Å². The zero-order valence-electron chi connectivity index (χ0n) is 19.5. The van der Waals surface area contributed by atoms with Gasteiger partial charge in [-0.05, 0) is 38.1 Å². The number of halogens is 1. The smallest absolute Gasteiger partial charge is 0.338 e. The van der Waals surface area contributed by atoms with Gasteiger partial charge in [0.25, 0.3) is 5.56 Å². The summed E-state index contributed by atoms with van der Waals surface area (Å²) >= 11 is 4.56. The molecule has 2 heterocycles. The van der Waals surface area contributed by atoms with Crippen LogP contribution in [0.2, 0.25) is 0 Å². The van der Waals surface area contributed by atoms with E-state index in [0.29, 0.717) is 36.4 Å². The fourth-order valence-electron chi connectivity index (χ4n) is 3.98. The van der Waals surface area contributed by atoms with E-state index < -0.39 is 12.0 Å². The summed E-state index contributed by atoms with van der Waals surface area (Å²) in [6.45, 7) is 3.62. The molecule has 0 fully saturated rings. The highest BCUT2D eigenvalue weighted by Crippen LogP contribution is 2.36. The Balaban J connectivity index is 2.01. The van der Waals surface area contributed by atoms with E-state index in [4.69, 9.17) is 14.2 Å². The first-order valence-corrected chi connectivity index (χ1v) is 12.3. The fraction of sp³-hybridized carbons (Fsp3) is 0.240. The molecule has 1 aliphatic heterocycles. The summed E-state index contributed by atoms with van der Waals surface area (Å²) in [6, 6.07) is 9.73. The van der Waals surface area contributed by atoms with Gasteiger partial charge in [-0.2, -0.15) is 0 Å². The number of thiazole rings is 1. The van der Waals surface area contributed by atoms with Gasteiger partial charge in [0.1, 0.15) is 11.8 Å². The summed E-state index contributed by atoms with van der Waals surface area (Å²) in [5.41, 5.74) is 1.39. The number of aromatic nitrogens is 1. The van der Waals surface area contributed by atoms with Gasteiger partial charge in [-0.25, -0.2) is 9.79 Å². The maximum absolute atomic E-state index is 13.7. The minimum Gasteiger partial charge on any atom is -0.504 e. The number of ether oxygens (including phenoxy) is 3. The van der Waals surface area contributed by atoms with Crippen molar-refractivity contribution in [3.8, 4) is 17.2 Å². The number of allylic oxidation sites excluding steroid dienone is 1. The molecule has 0 spiro atoms. The van der Waals surface area contributed by atoms with Crippen LogP contribution in [-0.2, 0) is 9.53 Å². The van der Waals surface area contributed by atoms with Crippen LogP contribution in [0.4, 0.5) is 0 Å². The van der Waals surface area contributed by atoms with Gasteiger partial charge >= 0.3 is 5.97 Å². The number of para-hydroxylation sites is 1. The SMILES string of the molecule is CCOC(=O)C1=C(C)N=c2s/c(=C\c3cc(Br)cc(OC)c3O)c(=O)n2[C@@H]1c1ccccc1OC. The number of fused-ring (bicyclic) bond motifs is 1. The number of hydrogen-bond donors (Lipinski definition) is 1. The Morgan fingerprint density at radius 3 is 2.63 bits per heavy atom. The van der Waals surface area contributed by atoms with Crippen molar-refractivity contribution in [1.82, 2.24) is 4.57 Å². The largest absolute Gasteiger partial charge is 0.504 e. The van der Waals surface area contributed by atoms with E-state index in [0.717, 1.165) is 11.3 Å². The maximum atomic E-state index is 13.7. The third-order valence-corrected chi connectivity index (χ3v) is 6.97. The van der Waals surface area contributed by atoms with Crippen LogP contribution in [0.3, 0.4) is 0 Å². The molecule has 1 aliphatic rings.